The van der Waals surface area contributed by atoms with Crippen molar-refractivity contribution in [3.05, 3.63) is 53.3 Å². The SMILES string of the molecule is CCOc1cc(OCC(C)C)cc(Oc2cc3c(cc2NS(=O)(=O)c2cn(C)cn2)n(C)c(=O)n3C)c1. The van der Waals surface area contributed by atoms with E-state index in [1.165, 1.54) is 26.2 Å². The van der Waals surface area contributed by atoms with E-state index < -0.39 is 10.0 Å². The molecule has 0 aliphatic carbocycles. The molecule has 0 unspecified atom stereocenters. The fourth-order valence-electron chi connectivity index (χ4n) is 3.74. The topological polar surface area (TPSA) is 119 Å². The highest BCUT2D eigenvalue weighted by atomic mass is 32.2. The molecule has 0 aliphatic heterocycles. The van der Waals surface area contributed by atoms with Gasteiger partial charge in [0, 0.05) is 51.6 Å². The van der Waals surface area contributed by atoms with Gasteiger partial charge in [0.05, 0.1) is 36.3 Å². The lowest BCUT2D eigenvalue weighted by atomic mass is 10.2. The zero-order valence-electron chi connectivity index (χ0n) is 21.7. The van der Waals surface area contributed by atoms with Gasteiger partial charge in [-0.1, -0.05) is 13.8 Å². The van der Waals surface area contributed by atoms with Crippen LogP contribution in [0.5, 0.6) is 23.0 Å². The van der Waals surface area contributed by atoms with Gasteiger partial charge in [0.15, 0.2) is 10.8 Å². The molecule has 0 saturated heterocycles. The lowest BCUT2D eigenvalue weighted by Crippen LogP contribution is -2.19. The number of sulfonamides is 1. The third-order valence-corrected chi connectivity index (χ3v) is 6.80. The highest BCUT2D eigenvalue weighted by Gasteiger charge is 2.22. The fourth-order valence-corrected chi connectivity index (χ4v) is 4.79. The molecule has 0 fully saturated rings. The van der Waals surface area contributed by atoms with Crippen LogP contribution in [-0.2, 0) is 31.2 Å². The summed E-state index contributed by atoms with van der Waals surface area (Å²) in [6, 6.07) is 8.35. The van der Waals surface area contributed by atoms with Gasteiger partial charge in [-0.05, 0) is 18.9 Å². The van der Waals surface area contributed by atoms with Crippen molar-refractivity contribution in [2.75, 3.05) is 17.9 Å². The van der Waals surface area contributed by atoms with E-state index in [0.717, 1.165) is 0 Å². The molecule has 0 amide bonds. The molecule has 4 aromatic rings. The highest BCUT2D eigenvalue weighted by Crippen LogP contribution is 2.37. The largest absolute Gasteiger partial charge is 0.494 e. The van der Waals surface area contributed by atoms with Crippen LogP contribution >= 0.6 is 0 Å². The van der Waals surface area contributed by atoms with Crippen LogP contribution in [0.25, 0.3) is 11.0 Å². The van der Waals surface area contributed by atoms with Gasteiger partial charge in [-0.15, -0.1) is 0 Å². The van der Waals surface area contributed by atoms with Crippen molar-refractivity contribution in [1.82, 2.24) is 18.7 Å². The van der Waals surface area contributed by atoms with Crippen molar-refractivity contribution in [3.63, 3.8) is 0 Å². The molecule has 2 aromatic heterocycles. The van der Waals surface area contributed by atoms with Gasteiger partial charge in [0.1, 0.15) is 17.2 Å². The van der Waals surface area contributed by atoms with Crippen LogP contribution in [0, 0.1) is 5.92 Å². The van der Waals surface area contributed by atoms with Crippen molar-refractivity contribution < 1.29 is 22.6 Å². The number of nitrogens with one attached hydrogen (secondary N) is 1. The zero-order valence-corrected chi connectivity index (χ0v) is 22.5. The number of nitrogens with zero attached hydrogens (tertiary/aromatic N) is 4. The maximum Gasteiger partial charge on any atom is 0.328 e. The Balaban J connectivity index is 1.81. The van der Waals surface area contributed by atoms with Crippen LogP contribution in [0.3, 0.4) is 0 Å². The van der Waals surface area contributed by atoms with E-state index >= 15 is 0 Å². The van der Waals surface area contributed by atoms with Gasteiger partial charge < -0.3 is 18.8 Å². The van der Waals surface area contributed by atoms with Gasteiger partial charge in [0.2, 0.25) is 0 Å². The van der Waals surface area contributed by atoms with Crippen molar-refractivity contribution in [2.45, 2.75) is 25.8 Å². The number of hydrogen-bond donors (Lipinski definition) is 1. The van der Waals surface area contributed by atoms with Gasteiger partial charge in [0.25, 0.3) is 10.0 Å². The van der Waals surface area contributed by atoms with Crippen LogP contribution in [0.15, 0.2) is 52.7 Å². The van der Waals surface area contributed by atoms with E-state index in [-0.39, 0.29) is 22.2 Å². The molecule has 0 atom stereocenters. The Labute approximate surface area is 215 Å². The van der Waals surface area contributed by atoms with Crippen LogP contribution < -0.4 is 24.6 Å². The minimum absolute atomic E-state index is 0.144. The molecule has 2 heterocycles. The Morgan fingerprint density at radius 3 is 2.16 bits per heavy atom. The molecule has 12 heteroatoms. The molecule has 198 valence electrons. The average molecular weight is 530 g/mol. The van der Waals surface area contributed by atoms with Gasteiger partial charge in [-0.3, -0.25) is 13.9 Å². The number of aromatic nitrogens is 4. The minimum Gasteiger partial charge on any atom is -0.494 e. The Morgan fingerprint density at radius 2 is 1.57 bits per heavy atom. The number of anilines is 1. The molecule has 0 saturated carbocycles. The molecule has 4 rings (SSSR count). The van der Waals surface area contributed by atoms with Crippen molar-refractivity contribution in [3.8, 4) is 23.0 Å². The number of fused-ring (bicyclic) bond motifs is 1. The first-order valence-electron chi connectivity index (χ1n) is 11.8. The predicted molar refractivity (Wildman–Crippen MR) is 140 cm³/mol. The lowest BCUT2D eigenvalue weighted by Gasteiger charge is -2.16. The number of ether oxygens (including phenoxy) is 3. The average Bonchev–Trinajstić information content (AvgIpc) is 3.36. The molecular formula is C25H31N5O6S. The monoisotopic (exact) mass is 529 g/mol. The highest BCUT2D eigenvalue weighted by molar-refractivity contribution is 7.92. The summed E-state index contributed by atoms with van der Waals surface area (Å²) in [5.74, 6) is 1.98. The summed E-state index contributed by atoms with van der Waals surface area (Å²) in [4.78, 5) is 16.5. The summed E-state index contributed by atoms with van der Waals surface area (Å²) < 4.78 is 51.0. The fraction of sp³-hybridized carbons (Fsp3) is 0.360. The molecular weight excluding hydrogens is 498 g/mol. The Morgan fingerprint density at radius 1 is 0.946 bits per heavy atom. The number of rotatable bonds is 10. The minimum atomic E-state index is -4.04. The van der Waals surface area contributed by atoms with Gasteiger partial charge in [-0.25, -0.2) is 9.78 Å². The van der Waals surface area contributed by atoms with E-state index in [2.05, 4.69) is 9.71 Å². The maximum absolute atomic E-state index is 13.1. The van der Waals surface area contributed by atoms with E-state index in [0.29, 0.717) is 47.4 Å². The van der Waals surface area contributed by atoms with Gasteiger partial charge in [-0.2, -0.15) is 8.42 Å². The van der Waals surface area contributed by atoms with Crippen LogP contribution in [0.1, 0.15) is 20.8 Å². The summed E-state index contributed by atoms with van der Waals surface area (Å²) in [6.07, 6.45) is 2.79. The van der Waals surface area contributed by atoms with E-state index in [1.54, 1.807) is 51.5 Å². The van der Waals surface area contributed by atoms with Crippen molar-refractivity contribution in [2.24, 2.45) is 27.1 Å². The van der Waals surface area contributed by atoms with E-state index in [1.807, 2.05) is 20.8 Å². The molecule has 2 aromatic carbocycles. The Bertz CT molecular complexity index is 1600. The molecule has 0 spiro atoms. The Hall–Kier alpha value is -3.93. The predicted octanol–water partition coefficient (Wildman–Crippen LogP) is 3.64. The first-order chi connectivity index (χ1) is 17.5. The number of benzene rings is 2. The zero-order chi connectivity index (χ0) is 26.9. The first kappa shape index (κ1) is 26.1. The first-order valence-corrected chi connectivity index (χ1v) is 13.3. The second-order valence-electron chi connectivity index (χ2n) is 9.10. The summed E-state index contributed by atoms with van der Waals surface area (Å²) in [5, 5.41) is -0.147. The molecule has 0 bridgehead atoms. The van der Waals surface area contributed by atoms with Crippen molar-refractivity contribution >= 4 is 26.7 Å². The van der Waals surface area contributed by atoms with Crippen LogP contribution in [0.2, 0.25) is 0 Å². The summed E-state index contributed by atoms with van der Waals surface area (Å²) in [5.41, 5.74) is 0.988. The smallest absolute Gasteiger partial charge is 0.328 e. The number of aryl methyl sites for hydroxylation is 3. The van der Waals surface area contributed by atoms with Crippen LogP contribution in [-0.4, -0.2) is 40.3 Å². The number of imidazole rings is 2. The molecule has 0 radical (unpaired) electrons. The number of hydrogen-bond acceptors (Lipinski definition) is 7. The molecule has 37 heavy (non-hydrogen) atoms. The summed E-state index contributed by atoms with van der Waals surface area (Å²) in [6.45, 7) is 6.91. The van der Waals surface area contributed by atoms with E-state index in [9.17, 15) is 13.2 Å². The Kier molecular flexibility index (Phi) is 7.21. The van der Waals surface area contributed by atoms with Crippen LogP contribution in [0.4, 0.5) is 5.69 Å². The summed E-state index contributed by atoms with van der Waals surface area (Å²) >= 11 is 0. The molecule has 11 nitrogen and oxygen atoms in total. The van der Waals surface area contributed by atoms with Gasteiger partial charge >= 0.3 is 5.69 Å². The lowest BCUT2D eigenvalue weighted by molar-refractivity contribution is 0.267. The molecule has 0 aliphatic rings. The maximum atomic E-state index is 13.1. The third kappa shape index (κ3) is 5.58. The normalized spacial score (nSPS) is 11.8. The second kappa shape index (κ2) is 10.2. The molecule has 1 N–H and O–H groups in total. The second-order valence-corrected chi connectivity index (χ2v) is 10.7. The van der Waals surface area contributed by atoms with E-state index in [4.69, 9.17) is 14.2 Å². The van der Waals surface area contributed by atoms with Crippen molar-refractivity contribution in [1.29, 1.82) is 0 Å². The third-order valence-electron chi connectivity index (χ3n) is 5.55. The quantitative estimate of drug-likeness (QED) is 0.333. The summed E-state index contributed by atoms with van der Waals surface area (Å²) in [7, 11) is 0.892. The standard InChI is InChI=1S/C25H31N5O6S/c1-7-34-17-8-18(35-14-16(2)3)10-19(9-17)36-23-12-22-21(29(5)25(31)30(22)6)11-20(23)27-37(32,33)24-13-28(4)15-26-24/h8-13,15-16,27H,7,14H2,1-6H3.